The van der Waals surface area contributed by atoms with Crippen LogP contribution in [0.4, 0.5) is 0 Å². The Bertz CT molecular complexity index is 1110. The minimum atomic E-state index is -0.734. The van der Waals surface area contributed by atoms with Gasteiger partial charge in [-0.05, 0) is 48.4 Å². The number of amides is 1. The van der Waals surface area contributed by atoms with Crippen molar-refractivity contribution in [1.29, 1.82) is 0 Å². The highest BCUT2D eigenvalue weighted by atomic mass is 35.5. The highest BCUT2D eigenvalue weighted by Crippen LogP contribution is 2.40. The van der Waals surface area contributed by atoms with E-state index < -0.39 is 17.7 Å². The molecule has 35 heavy (non-hydrogen) atoms. The van der Waals surface area contributed by atoms with Gasteiger partial charge in [0.15, 0.2) is 0 Å². The van der Waals surface area contributed by atoms with Crippen molar-refractivity contribution < 1.29 is 24.2 Å². The first kappa shape index (κ1) is 25.0. The van der Waals surface area contributed by atoms with Crippen LogP contribution in [0.5, 0.6) is 5.75 Å². The number of aliphatic hydroxyl groups excluding tert-OH is 1. The van der Waals surface area contributed by atoms with Gasteiger partial charge in [0, 0.05) is 36.8 Å². The van der Waals surface area contributed by atoms with Gasteiger partial charge >= 0.3 is 0 Å². The lowest BCUT2D eigenvalue weighted by Gasteiger charge is -2.29. The van der Waals surface area contributed by atoms with Gasteiger partial charge in [-0.3, -0.25) is 14.5 Å². The van der Waals surface area contributed by atoms with Gasteiger partial charge in [0.05, 0.1) is 24.8 Å². The number of ether oxygens (including phenoxy) is 2. The molecule has 2 aliphatic heterocycles. The molecule has 184 valence electrons. The number of halogens is 1. The summed E-state index contributed by atoms with van der Waals surface area (Å²) in [5.74, 6) is -0.956. The standard InChI is InChI=1S/C27H29ClN2O5/c1-2-15-35-22-6-3-5-20(18-22)24-23(25(31)19-7-9-21(28)10-8-19)26(32)27(33)30(24)12-4-11-29-13-16-34-17-14-29/h2-3,5-10,18,24,31H,1,4,11-17H2/b25-23-. The molecule has 0 radical (unpaired) electrons. The van der Waals surface area contributed by atoms with E-state index >= 15 is 0 Å². The van der Waals surface area contributed by atoms with Crippen molar-refractivity contribution in [2.75, 3.05) is 46.0 Å². The van der Waals surface area contributed by atoms with E-state index in [2.05, 4.69) is 11.5 Å². The normalized spacial score (nSPS) is 20.3. The third-order valence-electron chi connectivity index (χ3n) is 6.18. The van der Waals surface area contributed by atoms with Crippen molar-refractivity contribution in [3.63, 3.8) is 0 Å². The zero-order chi connectivity index (χ0) is 24.8. The number of ketones is 1. The number of nitrogens with zero attached hydrogens (tertiary/aromatic N) is 2. The van der Waals surface area contributed by atoms with Gasteiger partial charge in [-0.1, -0.05) is 36.4 Å². The van der Waals surface area contributed by atoms with Gasteiger partial charge in [0.1, 0.15) is 18.1 Å². The molecule has 2 aromatic carbocycles. The largest absolute Gasteiger partial charge is 0.507 e. The molecule has 1 amide bonds. The smallest absolute Gasteiger partial charge is 0.295 e. The summed E-state index contributed by atoms with van der Waals surface area (Å²) in [7, 11) is 0. The van der Waals surface area contributed by atoms with Crippen LogP contribution in [-0.2, 0) is 14.3 Å². The Kier molecular flexibility index (Phi) is 8.23. The van der Waals surface area contributed by atoms with Crippen molar-refractivity contribution in [3.05, 3.63) is 82.9 Å². The van der Waals surface area contributed by atoms with Crippen molar-refractivity contribution in [2.24, 2.45) is 0 Å². The van der Waals surface area contributed by atoms with Crippen molar-refractivity contribution in [3.8, 4) is 5.75 Å². The molecule has 0 bridgehead atoms. The predicted molar refractivity (Wildman–Crippen MR) is 134 cm³/mol. The molecule has 2 saturated heterocycles. The first-order valence-corrected chi connectivity index (χ1v) is 12.1. The van der Waals surface area contributed by atoms with E-state index in [0.717, 1.165) is 19.6 Å². The van der Waals surface area contributed by atoms with Crippen LogP contribution in [0.1, 0.15) is 23.6 Å². The molecule has 1 unspecified atom stereocenters. The number of hydrogen-bond donors (Lipinski definition) is 1. The van der Waals surface area contributed by atoms with E-state index in [1.165, 1.54) is 0 Å². The zero-order valence-electron chi connectivity index (χ0n) is 19.5. The zero-order valence-corrected chi connectivity index (χ0v) is 20.2. The van der Waals surface area contributed by atoms with Crippen LogP contribution < -0.4 is 4.74 Å². The van der Waals surface area contributed by atoms with Gasteiger partial charge in [-0.2, -0.15) is 0 Å². The van der Waals surface area contributed by atoms with Crippen LogP contribution in [0.3, 0.4) is 0 Å². The molecule has 2 fully saturated rings. The Labute approximate surface area is 210 Å². The second kappa shape index (κ2) is 11.5. The first-order valence-electron chi connectivity index (χ1n) is 11.7. The Morgan fingerprint density at radius 3 is 2.60 bits per heavy atom. The fraction of sp³-hybridized carbons (Fsp3) is 0.333. The van der Waals surface area contributed by atoms with Gasteiger partial charge in [0.2, 0.25) is 0 Å². The molecule has 2 heterocycles. The third-order valence-corrected chi connectivity index (χ3v) is 6.43. The summed E-state index contributed by atoms with van der Waals surface area (Å²) in [6.07, 6.45) is 2.34. The lowest BCUT2D eigenvalue weighted by atomic mass is 9.95. The topological polar surface area (TPSA) is 79.3 Å². The lowest BCUT2D eigenvalue weighted by molar-refractivity contribution is -0.140. The van der Waals surface area contributed by atoms with Crippen LogP contribution in [0.15, 0.2) is 66.8 Å². The number of morpholine rings is 1. The van der Waals surface area contributed by atoms with Crippen LogP contribution in [0.2, 0.25) is 5.02 Å². The minimum absolute atomic E-state index is 0.0598. The first-order chi connectivity index (χ1) is 17.0. The molecule has 0 saturated carbocycles. The van der Waals surface area contributed by atoms with Crippen LogP contribution in [0, 0.1) is 0 Å². The maximum atomic E-state index is 13.2. The number of hydrogen-bond acceptors (Lipinski definition) is 6. The molecule has 7 nitrogen and oxygen atoms in total. The van der Waals surface area contributed by atoms with Crippen molar-refractivity contribution >= 4 is 29.1 Å². The summed E-state index contributed by atoms with van der Waals surface area (Å²) >= 11 is 6.00. The van der Waals surface area contributed by atoms with Crippen LogP contribution in [-0.4, -0.2) is 72.6 Å². The highest BCUT2D eigenvalue weighted by Gasteiger charge is 2.46. The molecular weight excluding hydrogens is 468 g/mol. The van der Waals surface area contributed by atoms with Gasteiger partial charge in [-0.15, -0.1) is 0 Å². The maximum absolute atomic E-state index is 13.2. The number of likely N-dealkylation sites (tertiary alicyclic amines) is 1. The highest BCUT2D eigenvalue weighted by molar-refractivity contribution is 6.46. The quantitative estimate of drug-likeness (QED) is 0.244. The van der Waals surface area contributed by atoms with E-state index in [4.69, 9.17) is 21.1 Å². The SMILES string of the molecule is C=CCOc1cccc(C2/C(=C(/O)c3ccc(Cl)cc3)C(=O)C(=O)N2CCCN2CCOCC2)c1. The molecule has 2 aromatic rings. The number of carbonyl (C=O) groups excluding carboxylic acids is 2. The number of rotatable bonds is 9. The Balaban J connectivity index is 1.68. The van der Waals surface area contributed by atoms with E-state index in [1.54, 1.807) is 47.4 Å². The van der Waals surface area contributed by atoms with Crippen molar-refractivity contribution in [2.45, 2.75) is 12.5 Å². The lowest BCUT2D eigenvalue weighted by Crippen LogP contribution is -2.38. The van der Waals surface area contributed by atoms with Gasteiger partial charge in [0.25, 0.3) is 11.7 Å². The number of carbonyl (C=O) groups is 2. The molecule has 0 aliphatic carbocycles. The summed E-state index contributed by atoms with van der Waals surface area (Å²) in [5.41, 5.74) is 1.17. The summed E-state index contributed by atoms with van der Waals surface area (Å²) in [5, 5.41) is 11.7. The number of aliphatic hydroxyl groups is 1. The monoisotopic (exact) mass is 496 g/mol. The van der Waals surface area contributed by atoms with Crippen molar-refractivity contribution in [1.82, 2.24) is 9.80 Å². The summed E-state index contributed by atoms with van der Waals surface area (Å²) in [4.78, 5) is 30.2. The number of benzene rings is 2. The molecule has 1 atom stereocenters. The third kappa shape index (κ3) is 5.75. The van der Waals surface area contributed by atoms with Gasteiger partial charge < -0.3 is 19.5 Å². The molecule has 2 aliphatic rings. The summed E-state index contributed by atoms with van der Waals surface area (Å²) in [6, 6.07) is 13.0. The number of Topliss-reactive ketones (excluding diaryl/α,β-unsaturated/α-hetero) is 1. The molecule has 0 spiro atoms. The fourth-order valence-corrected chi connectivity index (χ4v) is 4.57. The second-order valence-electron chi connectivity index (χ2n) is 8.48. The van der Waals surface area contributed by atoms with Crippen LogP contribution in [0.25, 0.3) is 5.76 Å². The van der Waals surface area contributed by atoms with E-state index in [0.29, 0.717) is 54.7 Å². The fourth-order valence-electron chi connectivity index (χ4n) is 4.44. The summed E-state index contributed by atoms with van der Waals surface area (Å²) in [6.45, 7) is 8.26. The van der Waals surface area contributed by atoms with Gasteiger partial charge in [-0.25, -0.2) is 0 Å². The predicted octanol–water partition coefficient (Wildman–Crippen LogP) is 4.05. The van der Waals surface area contributed by atoms with Crippen LogP contribution >= 0.6 is 11.6 Å². The van der Waals surface area contributed by atoms with E-state index in [-0.39, 0.29) is 11.3 Å². The second-order valence-corrected chi connectivity index (χ2v) is 8.92. The minimum Gasteiger partial charge on any atom is -0.507 e. The maximum Gasteiger partial charge on any atom is 0.295 e. The summed E-state index contributed by atoms with van der Waals surface area (Å²) < 4.78 is 11.1. The van der Waals surface area contributed by atoms with E-state index in [9.17, 15) is 14.7 Å². The molecule has 8 heteroatoms. The average molecular weight is 497 g/mol. The Morgan fingerprint density at radius 1 is 1.14 bits per heavy atom. The Morgan fingerprint density at radius 2 is 1.89 bits per heavy atom. The Hall–Kier alpha value is -3.13. The molecule has 1 N–H and O–H groups in total. The molecule has 0 aromatic heterocycles. The van der Waals surface area contributed by atoms with E-state index in [1.807, 2.05) is 12.1 Å². The molecular formula is C27H29ClN2O5. The molecule has 4 rings (SSSR count). The average Bonchev–Trinajstić information content (AvgIpc) is 3.13.